The van der Waals surface area contributed by atoms with Gasteiger partial charge in [-0.3, -0.25) is 14.5 Å². The van der Waals surface area contributed by atoms with Gasteiger partial charge in [-0.15, -0.1) is 11.3 Å². The van der Waals surface area contributed by atoms with Crippen LogP contribution in [-0.2, 0) is 9.59 Å². The number of anilines is 2. The van der Waals surface area contributed by atoms with Crippen molar-refractivity contribution in [2.24, 2.45) is 5.92 Å². The highest BCUT2D eigenvalue weighted by Crippen LogP contribution is 2.25. The fraction of sp³-hybridized carbons (Fsp3) is 0.450. The van der Waals surface area contributed by atoms with Crippen molar-refractivity contribution >= 4 is 34.0 Å². The van der Waals surface area contributed by atoms with Crippen LogP contribution < -0.4 is 10.6 Å². The third-order valence-corrected chi connectivity index (χ3v) is 5.70. The van der Waals surface area contributed by atoms with Crippen molar-refractivity contribution in [2.45, 2.75) is 45.2 Å². The summed E-state index contributed by atoms with van der Waals surface area (Å²) in [5.74, 6) is -0.129. The molecule has 1 aromatic heterocycles. The third-order valence-electron chi connectivity index (χ3n) is 5.01. The van der Waals surface area contributed by atoms with Crippen molar-refractivity contribution < 1.29 is 9.59 Å². The van der Waals surface area contributed by atoms with Gasteiger partial charge in [0, 0.05) is 29.2 Å². The van der Waals surface area contributed by atoms with Gasteiger partial charge in [0.05, 0.1) is 6.04 Å². The lowest BCUT2D eigenvalue weighted by atomic mass is 10.00. The van der Waals surface area contributed by atoms with E-state index in [4.69, 9.17) is 0 Å². The summed E-state index contributed by atoms with van der Waals surface area (Å²) in [4.78, 5) is 31.4. The van der Waals surface area contributed by atoms with Gasteiger partial charge >= 0.3 is 0 Å². The lowest BCUT2D eigenvalue weighted by Crippen LogP contribution is -2.45. The predicted octanol–water partition coefficient (Wildman–Crippen LogP) is 3.60. The lowest BCUT2D eigenvalue weighted by molar-refractivity contribution is -0.121. The van der Waals surface area contributed by atoms with Crippen LogP contribution in [0, 0.1) is 5.92 Å². The van der Waals surface area contributed by atoms with E-state index in [1.165, 1.54) is 11.3 Å². The maximum Gasteiger partial charge on any atom is 0.243 e. The van der Waals surface area contributed by atoms with E-state index in [1.807, 2.05) is 42.6 Å². The molecule has 6 nitrogen and oxygen atoms in total. The predicted molar refractivity (Wildman–Crippen MR) is 109 cm³/mol. The van der Waals surface area contributed by atoms with Gasteiger partial charge in [0.15, 0.2) is 5.13 Å². The molecule has 2 aromatic rings. The van der Waals surface area contributed by atoms with Gasteiger partial charge in [-0.2, -0.15) is 0 Å². The Bertz CT molecular complexity index is 751. The van der Waals surface area contributed by atoms with Crippen molar-refractivity contribution in [3.05, 3.63) is 41.9 Å². The maximum atomic E-state index is 12.6. The standard InChI is InChI=1S/C20H26N4O2S/c1-14(18(25)22-16-7-4-3-5-8-16)13-15(2)24-11-6-9-17(24)19(26)23-20-21-10-12-27-20/h3-5,7-8,10,12,14-15,17H,6,9,11,13H2,1-2H3,(H,22,25)(H,21,23,26). The number of para-hydroxylation sites is 1. The van der Waals surface area contributed by atoms with Gasteiger partial charge in [0.1, 0.15) is 0 Å². The number of hydrogen-bond acceptors (Lipinski definition) is 5. The first-order chi connectivity index (χ1) is 13.0. The number of rotatable bonds is 7. The average molecular weight is 387 g/mol. The van der Waals surface area contributed by atoms with Crippen LogP contribution >= 0.6 is 11.3 Å². The van der Waals surface area contributed by atoms with E-state index in [-0.39, 0.29) is 29.8 Å². The Labute approximate surface area is 164 Å². The van der Waals surface area contributed by atoms with Crippen molar-refractivity contribution in [2.75, 3.05) is 17.2 Å². The average Bonchev–Trinajstić information content (AvgIpc) is 3.34. The first-order valence-electron chi connectivity index (χ1n) is 9.36. The van der Waals surface area contributed by atoms with Crippen molar-refractivity contribution in [3.63, 3.8) is 0 Å². The van der Waals surface area contributed by atoms with E-state index in [9.17, 15) is 9.59 Å². The second-order valence-electron chi connectivity index (χ2n) is 7.06. The molecule has 0 spiro atoms. The fourth-order valence-electron chi connectivity index (χ4n) is 3.61. The minimum absolute atomic E-state index is 0.00399. The Kier molecular flexibility index (Phi) is 6.58. The van der Waals surface area contributed by atoms with Crippen LogP contribution in [0.2, 0.25) is 0 Å². The van der Waals surface area contributed by atoms with E-state index in [0.29, 0.717) is 11.6 Å². The summed E-state index contributed by atoms with van der Waals surface area (Å²) in [5, 5.41) is 8.34. The second kappa shape index (κ2) is 9.10. The third kappa shape index (κ3) is 5.14. The fourth-order valence-corrected chi connectivity index (χ4v) is 4.14. The van der Waals surface area contributed by atoms with E-state index in [2.05, 4.69) is 27.4 Å². The van der Waals surface area contributed by atoms with Crippen LogP contribution in [0.25, 0.3) is 0 Å². The number of carbonyl (C=O) groups excluding carboxylic acids is 2. The number of amides is 2. The van der Waals surface area contributed by atoms with Crippen molar-refractivity contribution in [3.8, 4) is 0 Å². The highest BCUT2D eigenvalue weighted by atomic mass is 32.1. The topological polar surface area (TPSA) is 74.3 Å². The quantitative estimate of drug-likeness (QED) is 0.762. The van der Waals surface area contributed by atoms with Crippen LogP contribution in [0.15, 0.2) is 41.9 Å². The molecule has 0 radical (unpaired) electrons. The molecular weight excluding hydrogens is 360 g/mol. The molecule has 3 atom stereocenters. The van der Waals surface area contributed by atoms with Gasteiger partial charge < -0.3 is 10.6 Å². The summed E-state index contributed by atoms with van der Waals surface area (Å²) in [6.45, 7) is 4.92. The van der Waals surface area contributed by atoms with E-state index in [1.54, 1.807) is 6.20 Å². The van der Waals surface area contributed by atoms with Gasteiger partial charge in [-0.05, 0) is 44.9 Å². The zero-order valence-corrected chi connectivity index (χ0v) is 16.5. The Hall–Kier alpha value is -2.25. The molecular formula is C20H26N4O2S. The number of aromatic nitrogens is 1. The Morgan fingerprint density at radius 1 is 1.26 bits per heavy atom. The molecule has 144 valence electrons. The van der Waals surface area contributed by atoms with Crippen molar-refractivity contribution in [1.82, 2.24) is 9.88 Å². The molecule has 1 aliphatic rings. The van der Waals surface area contributed by atoms with Gasteiger partial charge in [0.2, 0.25) is 11.8 Å². The molecule has 2 N–H and O–H groups in total. The number of nitrogens with one attached hydrogen (secondary N) is 2. The number of thiazole rings is 1. The van der Waals surface area contributed by atoms with E-state index < -0.39 is 0 Å². The van der Waals surface area contributed by atoms with E-state index in [0.717, 1.165) is 25.1 Å². The van der Waals surface area contributed by atoms with Gasteiger partial charge in [-0.1, -0.05) is 25.1 Å². The number of hydrogen-bond donors (Lipinski definition) is 2. The normalized spacial score (nSPS) is 19.4. The molecule has 7 heteroatoms. The maximum absolute atomic E-state index is 12.6. The highest BCUT2D eigenvalue weighted by molar-refractivity contribution is 7.13. The van der Waals surface area contributed by atoms with Gasteiger partial charge in [-0.25, -0.2) is 4.98 Å². The molecule has 27 heavy (non-hydrogen) atoms. The SMILES string of the molecule is CC(CC(C)N1CCCC1C(=O)Nc1nccs1)C(=O)Nc1ccccc1. The molecule has 3 rings (SSSR count). The summed E-state index contributed by atoms with van der Waals surface area (Å²) < 4.78 is 0. The summed E-state index contributed by atoms with van der Waals surface area (Å²) in [5.41, 5.74) is 0.809. The lowest BCUT2D eigenvalue weighted by Gasteiger charge is -2.31. The Morgan fingerprint density at radius 3 is 2.74 bits per heavy atom. The van der Waals surface area contributed by atoms with Crippen LogP contribution in [0.4, 0.5) is 10.8 Å². The molecule has 1 saturated heterocycles. The largest absolute Gasteiger partial charge is 0.326 e. The van der Waals surface area contributed by atoms with Gasteiger partial charge in [0.25, 0.3) is 0 Å². The molecule has 1 aliphatic heterocycles. The van der Waals surface area contributed by atoms with Crippen LogP contribution in [-0.4, -0.2) is 40.3 Å². The molecule has 2 heterocycles. The summed E-state index contributed by atoms with van der Waals surface area (Å²) in [7, 11) is 0. The van der Waals surface area contributed by atoms with Crippen LogP contribution in [0.5, 0.6) is 0 Å². The summed E-state index contributed by atoms with van der Waals surface area (Å²) in [6.07, 6.45) is 4.22. The summed E-state index contributed by atoms with van der Waals surface area (Å²) in [6, 6.07) is 9.48. The zero-order valence-electron chi connectivity index (χ0n) is 15.7. The smallest absolute Gasteiger partial charge is 0.243 e. The number of carbonyl (C=O) groups is 2. The first kappa shape index (κ1) is 19.5. The molecule has 1 aromatic carbocycles. The molecule has 2 amide bonds. The zero-order chi connectivity index (χ0) is 19.2. The monoisotopic (exact) mass is 386 g/mol. The Morgan fingerprint density at radius 2 is 2.04 bits per heavy atom. The van der Waals surface area contributed by atoms with Crippen molar-refractivity contribution in [1.29, 1.82) is 0 Å². The minimum Gasteiger partial charge on any atom is -0.326 e. The number of nitrogens with zero attached hydrogens (tertiary/aromatic N) is 2. The molecule has 3 unspecified atom stereocenters. The highest BCUT2D eigenvalue weighted by Gasteiger charge is 2.35. The number of benzene rings is 1. The molecule has 0 bridgehead atoms. The summed E-state index contributed by atoms with van der Waals surface area (Å²) >= 11 is 1.42. The van der Waals surface area contributed by atoms with Crippen LogP contribution in [0.3, 0.4) is 0 Å². The molecule has 1 fully saturated rings. The van der Waals surface area contributed by atoms with E-state index >= 15 is 0 Å². The molecule has 0 saturated carbocycles. The first-order valence-corrected chi connectivity index (χ1v) is 10.2. The molecule has 0 aliphatic carbocycles. The van der Waals surface area contributed by atoms with Crippen LogP contribution in [0.1, 0.15) is 33.1 Å². The number of likely N-dealkylation sites (tertiary alicyclic amines) is 1. The minimum atomic E-state index is -0.159. The Balaban J connectivity index is 1.54. The second-order valence-corrected chi connectivity index (χ2v) is 7.96.